The minimum absolute atomic E-state index is 0.0629. The maximum Gasteiger partial charge on any atom is 0.417 e. The summed E-state index contributed by atoms with van der Waals surface area (Å²) in [7, 11) is 0. The van der Waals surface area contributed by atoms with Crippen molar-refractivity contribution in [3.05, 3.63) is 40.0 Å². The number of aliphatic hydroxyl groups excluding tert-OH is 1. The number of aromatic nitrogens is 1. The average Bonchev–Trinajstić information content (AvgIpc) is 3.02. The first-order valence-corrected chi connectivity index (χ1v) is 7.49. The Morgan fingerprint density at radius 3 is 2.83 bits per heavy atom. The van der Waals surface area contributed by atoms with Gasteiger partial charge in [0.2, 0.25) is 5.91 Å². The predicted molar refractivity (Wildman–Crippen MR) is 81.8 cm³/mol. The molecule has 0 radical (unpaired) electrons. The van der Waals surface area contributed by atoms with Crippen LogP contribution in [0.5, 0.6) is 0 Å². The maximum atomic E-state index is 12.2. The average molecular weight is 330 g/mol. The Labute approximate surface area is 135 Å². The predicted octanol–water partition coefficient (Wildman–Crippen LogP) is 0.528. The number of carboxylic acid groups (broad SMARTS) is 1. The van der Waals surface area contributed by atoms with Crippen molar-refractivity contribution in [1.82, 2.24) is 9.88 Å². The van der Waals surface area contributed by atoms with Gasteiger partial charge >= 0.3 is 11.7 Å². The topological polar surface area (TPSA) is 124 Å². The number of carboxylic acids is 1. The third-order valence-corrected chi connectivity index (χ3v) is 4.70. The fraction of sp³-hybridized carbons (Fsp3) is 0.312. The molecule has 24 heavy (non-hydrogen) atoms. The molecule has 3 atom stereocenters. The van der Waals surface area contributed by atoms with Gasteiger partial charge in [0.25, 0.3) is 0 Å². The second-order valence-corrected chi connectivity index (χ2v) is 6.10. The number of rotatable bonds is 3. The summed E-state index contributed by atoms with van der Waals surface area (Å²) in [6.45, 7) is 1.53. The Hall–Kier alpha value is -2.87. The molecule has 0 unspecified atom stereocenters. The molecule has 3 heterocycles. The molecule has 0 bridgehead atoms. The van der Waals surface area contributed by atoms with E-state index in [4.69, 9.17) is 4.42 Å². The van der Waals surface area contributed by atoms with Crippen molar-refractivity contribution in [2.45, 2.75) is 25.5 Å². The van der Waals surface area contributed by atoms with Crippen molar-refractivity contribution >= 4 is 28.5 Å². The van der Waals surface area contributed by atoms with Crippen LogP contribution in [0.25, 0.3) is 16.7 Å². The Morgan fingerprint density at radius 2 is 2.17 bits per heavy atom. The van der Waals surface area contributed by atoms with Crippen molar-refractivity contribution in [2.24, 2.45) is 5.92 Å². The number of aliphatic carboxylic acids is 1. The monoisotopic (exact) mass is 330 g/mol. The Bertz CT molecular complexity index is 966. The number of oxazole rings is 1. The van der Waals surface area contributed by atoms with E-state index in [0.717, 1.165) is 0 Å². The zero-order valence-corrected chi connectivity index (χ0v) is 12.6. The maximum absolute atomic E-state index is 12.2. The van der Waals surface area contributed by atoms with Crippen LogP contribution in [0.4, 0.5) is 0 Å². The molecule has 2 aliphatic rings. The summed E-state index contributed by atoms with van der Waals surface area (Å²) in [6, 6.07) is 4.52. The molecule has 0 aliphatic carbocycles. The van der Waals surface area contributed by atoms with Crippen LogP contribution in [0.1, 0.15) is 18.9 Å². The van der Waals surface area contributed by atoms with E-state index in [1.165, 1.54) is 11.8 Å². The molecule has 3 N–H and O–H groups in total. The molecule has 4 rings (SSSR count). The van der Waals surface area contributed by atoms with Gasteiger partial charge in [0.1, 0.15) is 5.70 Å². The highest BCUT2D eigenvalue weighted by atomic mass is 16.4. The van der Waals surface area contributed by atoms with Crippen LogP contribution in [-0.4, -0.2) is 44.1 Å². The number of fused-ring (bicyclic) bond motifs is 2. The minimum Gasteiger partial charge on any atom is -0.477 e. The summed E-state index contributed by atoms with van der Waals surface area (Å²) in [4.78, 5) is 38.9. The van der Waals surface area contributed by atoms with Gasteiger partial charge in [-0.25, -0.2) is 9.59 Å². The molecule has 1 aromatic carbocycles. The van der Waals surface area contributed by atoms with E-state index in [0.29, 0.717) is 28.7 Å². The number of nitrogens with one attached hydrogen (secondary N) is 1. The van der Waals surface area contributed by atoms with Gasteiger partial charge in [0.15, 0.2) is 5.58 Å². The first-order valence-electron chi connectivity index (χ1n) is 7.49. The first-order chi connectivity index (χ1) is 11.4. The number of aromatic amines is 1. The number of β-lactam (4-membered cyclic amide) rings is 1. The van der Waals surface area contributed by atoms with Crippen LogP contribution < -0.4 is 5.76 Å². The third-order valence-electron chi connectivity index (χ3n) is 4.70. The number of hydrogen-bond acceptors (Lipinski definition) is 5. The van der Waals surface area contributed by atoms with E-state index < -0.39 is 23.7 Å². The molecular formula is C16H14N2O6. The van der Waals surface area contributed by atoms with Crippen LogP contribution in [0.3, 0.4) is 0 Å². The summed E-state index contributed by atoms with van der Waals surface area (Å²) >= 11 is 0. The quantitative estimate of drug-likeness (QED) is 0.705. The van der Waals surface area contributed by atoms with Crippen LogP contribution in [0.2, 0.25) is 0 Å². The Morgan fingerprint density at radius 1 is 1.42 bits per heavy atom. The van der Waals surface area contributed by atoms with Gasteiger partial charge in [-0.2, -0.15) is 0 Å². The van der Waals surface area contributed by atoms with Crippen molar-refractivity contribution < 1.29 is 24.2 Å². The van der Waals surface area contributed by atoms with Crippen LogP contribution in [0.15, 0.2) is 33.1 Å². The number of aliphatic hydroxyl groups is 1. The van der Waals surface area contributed by atoms with Crippen molar-refractivity contribution in [1.29, 1.82) is 0 Å². The van der Waals surface area contributed by atoms with Gasteiger partial charge in [-0.15, -0.1) is 0 Å². The molecule has 0 spiro atoms. The lowest BCUT2D eigenvalue weighted by Gasteiger charge is -2.44. The van der Waals surface area contributed by atoms with E-state index in [9.17, 15) is 24.6 Å². The number of H-pyrrole nitrogens is 1. The van der Waals surface area contributed by atoms with E-state index >= 15 is 0 Å². The lowest BCUT2D eigenvalue weighted by Crippen LogP contribution is -2.61. The fourth-order valence-electron chi connectivity index (χ4n) is 3.67. The molecule has 1 saturated heterocycles. The largest absolute Gasteiger partial charge is 0.477 e. The second-order valence-electron chi connectivity index (χ2n) is 6.10. The van der Waals surface area contributed by atoms with Crippen molar-refractivity contribution in [3.63, 3.8) is 0 Å². The Balaban J connectivity index is 1.82. The lowest BCUT2D eigenvalue weighted by molar-refractivity contribution is -0.161. The van der Waals surface area contributed by atoms with Crippen LogP contribution >= 0.6 is 0 Å². The molecule has 1 fully saturated rings. The number of hydrogen-bond donors (Lipinski definition) is 3. The van der Waals surface area contributed by atoms with Crippen LogP contribution in [0, 0.1) is 5.92 Å². The lowest BCUT2D eigenvalue weighted by atomic mass is 9.82. The van der Waals surface area contributed by atoms with E-state index in [2.05, 4.69) is 4.98 Å². The smallest absolute Gasteiger partial charge is 0.417 e. The van der Waals surface area contributed by atoms with Gasteiger partial charge in [-0.3, -0.25) is 9.78 Å². The first kappa shape index (κ1) is 14.7. The Kier molecular flexibility index (Phi) is 2.95. The molecule has 2 aromatic rings. The molecule has 124 valence electrons. The number of nitrogens with zero attached hydrogens (tertiary/aromatic N) is 1. The number of carbonyl (C=O) groups excluding carboxylic acids is 1. The van der Waals surface area contributed by atoms with Gasteiger partial charge < -0.3 is 19.5 Å². The summed E-state index contributed by atoms with van der Waals surface area (Å²) in [5, 5.41) is 19.3. The van der Waals surface area contributed by atoms with Gasteiger partial charge in [-0.05, 0) is 36.6 Å². The summed E-state index contributed by atoms with van der Waals surface area (Å²) in [6.07, 6.45) is -0.489. The molecule has 0 saturated carbocycles. The molecule has 2 aliphatic heterocycles. The number of benzene rings is 1. The molecule has 1 aromatic heterocycles. The summed E-state index contributed by atoms with van der Waals surface area (Å²) in [5.74, 6) is -2.74. The SMILES string of the molecule is C[C@@H](O)[C@@H]1C(=O)N2C(C(=O)O)=C(c3ccc4oc(=O)[nH]c4c3)C[C@@H]12. The molecule has 8 nitrogen and oxygen atoms in total. The molecular weight excluding hydrogens is 316 g/mol. The highest BCUT2D eigenvalue weighted by molar-refractivity contribution is 6.06. The van der Waals surface area contributed by atoms with Gasteiger partial charge in [0.05, 0.1) is 23.6 Å². The van der Waals surface area contributed by atoms with Gasteiger partial charge in [0, 0.05) is 0 Å². The third kappa shape index (κ3) is 1.86. The van der Waals surface area contributed by atoms with E-state index in [1.807, 2.05) is 0 Å². The molecule has 1 amide bonds. The fourth-order valence-corrected chi connectivity index (χ4v) is 3.67. The highest BCUT2D eigenvalue weighted by Gasteiger charge is 2.56. The van der Waals surface area contributed by atoms with E-state index in [-0.39, 0.29) is 17.6 Å². The van der Waals surface area contributed by atoms with Crippen LogP contribution in [-0.2, 0) is 9.59 Å². The normalized spacial score (nSPS) is 24.2. The minimum atomic E-state index is -1.19. The van der Waals surface area contributed by atoms with Crippen molar-refractivity contribution in [3.8, 4) is 0 Å². The zero-order valence-electron chi connectivity index (χ0n) is 12.6. The zero-order chi connectivity index (χ0) is 17.2. The van der Waals surface area contributed by atoms with E-state index in [1.54, 1.807) is 18.2 Å². The highest BCUT2D eigenvalue weighted by Crippen LogP contribution is 2.47. The summed E-state index contributed by atoms with van der Waals surface area (Å²) in [5.41, 5.74) is 1.88. The number of amides is 1. The van der Waals surface area contributed by atoms with Crippen molar-refractivity contribution in [2.75, 3.05) is 0 Å². The molecule has 8 heteroatoms. The summed E-state index contributed by atoms with van der Waals surface area (Å²) < 4.78 is 4.94. The second kappa shape index (κ2) is 4.81. The van der Waals surface area contributed by atoms with Gasteiger partial charge in [-0.1, -0.05) is 6.07 Å². The number of carbonyl (C=O) groups is 2. The standard InChI is InChI=1S/C16H14N2O6/c1-6(19)12-10-5-8(13(15(21)22)18(10)14(12)20)7-2-3-11-9(4-7)17-16(23)24-11/h2-4,6,10,12,19H,5H2,1H3,(H,17,23)(H,21,22)/t6-,10+,12+/m1/s1.